The summed E-state index contributed by atoms with van der Waals surface area (Å²) in [4.78, 5) is 37.6. The normalized spacial score (nSPS) is 13.8. The van der Waals surface area contributed by atoms with Crippen LogP contribution in [0.5, 0.6) is 0 Å². The molecule has 0 aliphatic carbocycles. The topological polar surface area (TPSA) is 111 Å². The van der Waals surface area contributed by atoms with Crippen molar-refractivity contribution in [2.45, 2.75) is 213 Å². The number of rotatable bonds is 43. The zero-order chi connectivity index (χ0) is 42.8. The molecule has 58 heavy (non-hydrogen) atoms. The maximum Gasteiger partial charge on any atom is 0.306 e. The van der Waals surface area contributed by atoms with Crippen LogP contribution in [0.15, 0.2) is 36.5 Å². The first-order chi connectivity index (χ1) is 28.0. The van der Waals surface area contributed by atoms with Gasteiger partial charge in [-0.15, -0.1) is 0 Å². The molecule has 0 fully saturated rings. The molecule has 0 aliphatic rings. The molecule has 0 rings (SSSR count). The number of carbonyl (C=O) groups is 2. The van der Waals surface area contributed by atoms with Gasteiger partial charge >= 0.3 is 11.9 Å². The van der Waals surface area contributed by atoms with E-state index in [1.807, 2.05) is 21.1 Å². The molecule has 340 valence electrons. The van der Waals surface area contributed by atoms with Crippen LogP contribution in [0.4, 0.5) is 0 Å². The Bertz CT molecular complexity index is 1090. The van der Waals surface area contributed by atoms with Gasteiger partial charge < -0.3 is 27.9 Å². The van der Waals surface area contributed by atoms with E-state index in [0.29, 0.717) is 17.4 Å². The van der Waals surface area contributed by atoms with Crippen molar-refractivity contribution >= 4 is 19.8 Å². The second kappa shape index (κ2) is 40.6. The molecule has 0 saturated carbocycles. The number of phosphoric acid groups is 1. The second-order valence-corrected chi connectivity index (χ2v) is 18.5. The van der Waals surface area contributed by atoms with Crippen LogP contribution < -0.4 is 4.89 Å². The smallest absolute Gasteiger partial charge is 0.306 e. The third-order valence-electron chi connectivity index (χ3n) is 10.1. The highest BCUT2D eigenvalue weighted by atomic mass is 31.2. The number of allylic oxidation sites excluding steroid dienone is 6. The maximum absolute atomic E-state index is 12.7. The van der Waals surface area contributed by atoms with E-state index in [1.54, 1.807) is 0 Å². The van der Waals surface area contributed by atoms with E-state index in [9.17, 15) is 19.0 Å². The van der Waals surface area contributed by atoms with Crippen molar-refractivity contribution in [2.24, 2.45) is 0 Å². The Morgan fingerprint density at radius 2 is 0.931 bits per heavy atom. The second-order valence-electron chi connectivity index (χ2n) is 17.1. The van der Waals surface area contributed by atoms with Crippen LogP contribution >= 0.6 is 7.82 Å². The van der Waals surface area contributed by atoms with Crippen molar-refractivity contribution in [1.82, 2.24) is 0 Å². The zero-order valence-corrected chi connectivity index (χ0v) is 39.1. The summed E-state index contributed by atoms with van der Waals surface area (Å²) >= 11 is 0. The van der Waals surface area contributed by atoms with Gasteiger partial charge in [-0.1, -0.05) is 159 Å². The van der Waals surface area contributed by atoms with Crippen LogP contribution in [0.25, 0.3) is 0 Å². The van der Waals surface area contributed by atoms with Gasteiger partial charge in [0.1, 0.15) is 19.8 Å². The molecule has 10 heteroatoms. The Hall–Kier alpha value is -1.77. The summed E-state index contributed by atoms with van der Waals surface area (Å²) in [5, 5.41) is 0. The largest absolute Gasteiger partial charge is 0.756 e. The number of unbranched alkanes of at least 4 members (excludes halogenated alkanes) is 23. The van der Waals surface area contributed by atoms with Crippen LogP contribution in [0.3, 0.4) is 0 Å². The van der Waals surface area contributed by atoms with Crippen LogP contribution in [-0.4, -0.2) is 70.0 Å². The molecular formula is C48H90NO8P. The average molecular weight is 840 g/mol. The molecule has 0 bridgehead atoms. The molecule has 0 aromatic carbocycles. The van der Waals surface area contributed by atoms with Crippen molar-refractivity contribution in [3.8, 4) is 0 Å². The van der Waals surface area contributed by atoms with Crippen LogP contribution in [0.2, 0.25) is 0 Å². The van der Waals surface area contributed by atoms with Gasteiger partial charge in [0.05, 0.1) is 27.7 Å². The van der Waals surface area contributed by atoms with Gasteiger partial charge in [-0.05, 0) is 70.6 Å². The molecule has 0 heterocycles. The molecule has 0 aliphatic heterocycles. The first kappa shape index (κ1) is 56.2. The summed E-state index contributed by atoms with van der Waals surface area (Å²) in [7, 11) is 1.16. The fraction of sp³-hybridized carbons (Fsp3) is 0.833. The summed E-state index contributed by atoms with van der Waals surface area (Å²) in [6.45, 7) is 4.19. The lowest BCUT2D eigenvalue weighted by molar-refractivity contribution is -0.870. The van der Waals surface area contributed by atoms with E-state index >= 15 is 0 Å². The first-order valence-corrected chi connectivity index (χ1v) is 25.2. The maximum atomic E-state index is 12.7. The van der Waals surface area contributed by atoms with E-state index < -0.39 is 32.5 Å². The summed E-state index contributed by atoms with van der Waals surface area (Å²) in [5.74, 6) is -0.854. The van der Waals surface area contributed by atoms with Crippen LogP contribution in [-0.2, 0) is 32.7 Å². The lowest BCUT2D eigenvalue weighted by atomic mass is 10.1. The molecule has 2 atom stereocenters. The predicted octanol–water partition coefficient (Wildman–Crippen LogP) is 13.1. The van der Waals surface area contributed by atoms with Crippen molar-refractivity contribution in [3.63, 3.8) is 0 Å². The Morgan fingerprint density at radius 3 is 1.43 bits per heavy atom. The van der Waals surface area contributed by atoms with Crippen molar-refractivity contribution in [3.05, 3.63) is 36.5 Å². The molecule has 0 aromatic heterocycles. The van der Waals surface area contributed by atoms with Crippen molar-refractivity contribution in [1.29, 1.82) is 0 Å². The van der Waals surface area contributed by atoms with Crippen molar-refractivity contribution in [2.75, 3.05) is 47.5 Å². The molecule has 0 radical (unpaired) electrons. The van der Waals surface area contributed by atoms with Gasteiger partial charge in [0.15, 0.2) is 6.10 Å². The van der Waals surface area contributed by atoms with Gasteiger partial charge in [0, 0.05) is 12.8 Å². The molecule has 9 nitrogen and oxygen atoms in total. The van der Waals surface area contributed by atoms with Gasteiger partial charge in [-0.25, -0.2) is 0 Å². The molecule has 0 aromatic rings. The Balaban J connectivity index is 4.32. The Morgan fingerprint density at radius 1 is 0.534 bits per heavy atom. The fourth-order valence-electron chi connectivity index (χ4n) is 6.39. The number of hydrogen-bond acceptors (Lipinski definition) is 8. The SMILES string of the molecule is CCCCC/C=C/C/C=C/CCCCCCCCCCCC(=O)OC[C@H](COP(=O)([O-])OCC[N+](C)(C)C)OC(=O)CCCCC/C=C/CCCCCCCCCC. The quantitative estimate of drug-likeness (QED) is 0.0196. The highest BCUT2D eigenvalue weighted by Crippen LogP contribution is 2.38. The predicted molar refractivity (Wildman–Crippen MR) is 241 cm³/mol. The molecule has 1 unspecified atom stereocenters. The number of phosphoric ester groups is 1. The van der Waals surface area contributed by atoms with Gasteiger partial charge in [-0.3, -0.25) is 14.2 Å². The number of esters is 2. The highest BCUT2D eigenvalue weighted by molar-refractivity contribution is 7.45. The van der Waals surface area contributed by atoms with E-state index in [0.717, 1.165) is 57.8 Å². The Kier molecular flexibility index (Phi) is 39.4. The third kappa shape index (κ3) is 43.8. The van der Waals surface area contributed by atoms with Crippen LogP contribution in [0, 0.1) is 0 Å². The third-order valence-corrected chi connectivity index (χ3v) is 11.1. The number of quaternary nitrogens is 1. The van der Waals surface area contributed by atoms with Gasteiger partial charge in [0.2, 0.25) is 0 Å². The molecule has 0 spiro atoms. The van der Waals surface area contributed by atoms with E-state index in [1.165, 1.54) is 116 Å². The van der Waals surface area contributed by atoms with E-state index in [2.05, 4.69) is 50.3 Å². The summed E-state index contributed by atoms with van der Waals surface area (Å²) in [6, 6.07) is 0. The van der Waals surface area contributed by atoms with Crippen molar-refractivity contribution < 1.29 is 42.1 Å². The number of carbonyl (C=O) groups excluding carboxylic acids is 2. The molecular weight excluding hydrogens is 750 g/mol. The zero-order valence-electron chi connectivity index (χ0n) is 38.2. The number of likely N-dealkylation sites (N-methyl/N-ethyl adjacent to an activating group) is 1. The van der Waals surface area contributed by atoms with E-state index in [-0.39, 0.29) is 26.1 Å². The number of ether oxygens (including phenoxy) is 2. The standard InChI is InChI=1S/C48H90NO8P/c1-6-8-10-12-14-16-18-20-22-23-24-25-27-28-30-32-34-36-38-40-47(50)54-44-46(45-56-58(52,53)55-43-42-49(3,4)5)57-48(51)41-39-37-35-33-31-29-26-21-19-17-15-13-11-9-7-2/h14,16,20,22,29,31,46H,6-13,15,17-19,21,23-28,30,32-45H2,1-5H3/b16-14+,22-20+,31-29+/t46-/m1/s1. The average Bonchev–Trinajstić information content (AvgIpc) is 3.17. The summed E-state index contributed by atoms with van der Waals surface area (Å²) in [5.41, 5.74) is 0. The monoisotopic (exact) mass is 840 g/mol. The van der Waals surface area contributed by atoms with Gasteiger partial charge in [0.25, 0.3) is 7.82 Å². The molecule has 0 amide bonds. The lowest BCUT2D eigenvalue weighted by Gasteiger charge is -2.28. The number of nitrogens with zero attached hydrogens (tertiary/aromatic N) is 1. The van der Waals surface area contributed by atoms with Crippen LogP contribution in [0.1, 0.15) is 206 Å². The van der Waals surface area contributed by atoms with Gasteiger partial charge in [-0.2, -0.15) is 0 Å². The summed E-state index contributed by atoms with van der Waals surface area (Å²) < 4.78 is 33.9. The minimum atomic E-state index is -4.63. The minimum Gasteiger partial charge on any atom is -0.756 e. The fourth-order valence-corrected chi connectivity index (χ4v) is 7.11. The van der Waals surface area contributed by atoms with E-state index in [4.69, 9.17) is 18.5 Å². The minimum absolute atomic E-state index is 0.0341. The lowest BCUT2D eigenvalue weighted by Crippen LogP contribution is -2.37. The molecule has 0 N–H and O–H groups in total. The Labute approximate surface area is 357 Å². The first-order valence-electron chi connectivity index (χ1n) is 23.7. The molecule has 0 saturated heterocycles. The highest BCUT2D eigenvalue weighted by Gasteiger charge is 2.21. The summed E-state index contributed by atoms with van der Waals surface area (Å²) in [6.07, 6.45) is 45.9. The number of hydrogen-bond donors (Lipinski definition) is 0.